The molecule has 0 bridgehead atoms. The predicted molar refractivity (Wildman–Crippen MR) is 67.9 cm³/mol. The Balaban J connectivity index is 2.08. The van der Waals surface area contributed by atoms with Gasteiger partial charge in [-0.1, -0.05) is 17.8 Å². The maximum absolute atomic E-state index is 13.7. The highest BCUT2D eigenvalue weighted by Gasteiger charge is 2.09. The van der Waals surface area contributed by atoms with Crippen molar-refractivity contribution < 1.29 is 9.13 Å². The number of hydrogen-bond acceptors (Lipinski definition) is 5. The number of anilines is 1. The minimum atomic E-state index is -0.294. The first-order chi connectivity index (χ1) is 8.61. The van der Waals surface area contributed by atoms with Crippen LogP contribution >= 0.6 is 11.8 Å². The van der Waals surface area contributed by atoms with Crippen LogP contribution in [0.2, 0.25) is 0 Å². The van der Waals surface area contributed by atoms with E-state index in [9.17, 15) is 4.39 Å². The lowest BCUT2D eigenvalue weighted by atomic mass is 10.2. The number of ether oxygens (including phenoxy) is 1. The lowest BCUT2D eigenvalue weighted by Crippen LogP contribution is -1.98. The lowest BCUT2D eigenvalue weighted by Gasteiger charge is -2.05. The molecule has 18 heavy (non-hydrogen) atoms. The molecular weight excluding hydrogens is 255 g/mol. The number of thioether (sulfide) groups is 1. The number of hydrogen-bond donors (Lipinski definition) is 1. The molecule has 5 nitrogen and oxygen atoms in total. The number of aromatic nitrogens is 3. The second-order valence-corrected chi connectivity index (χ2v) is 4.59. The summed E-state index contributed by atoms with van der Waals surface area (Å²) in [5.74, 6) is 1.01. The Morgan fingerprint density at radius 2 is 2.22 bits per heavy atom. The third-order valence-electron chi connectivity index (χ3n) is 2.49. The van der Waals surface area contributed by atoms with Gasteiger partial charge in [-0.2, -0.15) is 0 Å². The van der Waals surface area contributed by atoms with Crippen LogP contribution in [0.25, 0.3) is 0 Å². The molecule has 1 heterocycles. The fourth-order valence-corrected chi connectivity index (χ4v) is 2.27. The Labute approximate surface area is 108 Å². The molecule has 0 spiro atoms. The van der Waals surface area contributed by atoms with Gasteiger partial charge in [0, 0.05) is 18.9 Å². The summed E-state index contributed by atoms with van der Waals surface area (Å²) in [5.41, 5.74) is 6.15. The normalized spacial score (nSPS) is 10.6. The van der Waals surface area contributed by atoms with E-state index in [0.29, 0.717) is 28.2 Å². The first-order valence-corrected chi connectivity index (χ1v) is 6.20. The summed E-state index contributed by atoms with van der Waals surface area (Å²) in [6.07, 6.45) is 0. The van der Waals surface area contributed by atoms with Crippen molar-refractivity contribution in [1.82, 2.24) is 14.8 Å². The van der Waals surface area contributed by atoms with Crippen molar-refractivity contribution in [3.05, 3.63) is 29.6 Å². The molecule has 0 saturated heterocycles. The zero-order valence-corrected chi connectivity index (χ0v) is 10.9. The van der Waals surface area contributed by atoms with Crippen molar-refractivity contribution in [2.45, 2.75) is 10.9 Å². The van der Waals surface area contributed by atoms with Crippen molar-refractivity contribution in [1.29, 1.82) is 0 Å². The molecule has 2 N–H and O–H groups in total. The van der Waals surface area contributed by atoms with Crippen molar-refractivity contribution in [2.75, 3.05) is 12.8 Å². The molecule has 0 saturated carbocycles. The number of halogens is 1. The molecule has 2 rings (SSSR count). The van der Waals surface area contributed by atoms with E-state index in [2.05, 4.69) is 10.2 Å². The van der Waals surface area contributed by atoms with Gasteiger partial charge < -0.3 is 10.5 Å². The van der Waals surface area contributed by atoms with E-state index in [1.54, 1.807) is 23.7 Å². The second kappa shape index (κ2) is 5.26. The minimum Gasteiger partial charge on any atom is -0.497 e. The lowest BCUT2D eigenvalue weighted by molar-refractivity contribution is 0.411. The SMILES string of the molecule is COc1ccc(CSc2nnc(N)n2C)c(F)c1. The Bertz CT molecular complexity index is 558. The van der Waals surface area contributed by atoms with E-state index in [4.69, 9.17) is 10.5 Å². The van der Waals surface area contributed by atoms with Gasteiger partial charge in [-0.3, -0.25) is 4.57 Å². The van der Waals surface area contributed by atoms with Crippen molar-refractivity contribution in [3.8, 4) is 5.75 Å². The highest BCUT2D eigenvalue weighted by Crippen LogP contribution is 2.25. The molecule has 0 radical (unpaired) electrons. The molecule has 0 aliphatic carbocycles. The summed E-state index contributed by atoms with van der Waals surface area (Å²) in [6.45, 7) is 0. The summed E-state index contributed by atoms with van der Waals surface area (Å²) in [4.78, 5) is 0. The quantitative estimate of drug-likeness (QED) is 0.857. The second-order valence-electron chi connectivity index (χ2n) is 3.65. The average Bonchev–Trinajstić information content (AvgIpc) is 2.68. The Morgan fingerprint density at radius 1 is 1.44 bits per heavy atom. The first kappa shape index (κ1) is 12.7. The zero-order chi connectivity index (χ0) is 13.1. The van der Waals surface area contributed by atoms with Crippen LogP contribution in [0.4, 0.5) is 10.3 Å². The summed E-state index contributed by atoms with van der Waals surface area (Å²) < 4.78 is 20.3. The summed E-state index contributed by atoms with van der Waals surface area (Å²) >= 11 is 1.38. The van der Waals surface area contributed by atoms with Crippen molar-refractivity contribution in [2.24, 2.45) is 7.05 Å². The van der Waals surface area contributed by atoms with Crippen LogP contribution in [0, 0.1) is 5.82 Å². The van der Waals surface area contributed by atoms with Crippen LogP contribution < -0.4 is 10.5 Å². The maximum atomic E-state index is 13.7. The number of benzene rings is 1. The highest BCUT2D eigenvalue weighted by molar-refractivity contribution is 7.98. The molecule has 7 heteroatoms. The van der Waals surface area contributed by atoms with Gasteiger partial charge in [-0.15, -0.1) is 10.2 Å². The van der Waals surface area contributed by atoms with Crippen LogP contribution in [0.3, 0.4) is 0 Å². The predicted octanol–water partition coefficient (Wildman–Crippen LogP) is 1.84. The molecule has 1 aromatic heterocycles. The topological polar surface area (TPSA) is 66.0 Å². The Kier molecular flexibility index (Phi) is 3.71. The minimum absolute atomic E-state index is 0.294. The Hall–Kier alpha value is -1.76. The molecule has 2 aromatic rings. The molecule has 0 unspecified atom stereocenters. The smallest absolute Gasteiger partial charge is 0.222 e. The molecule has 0 atom stereocenters. The molecule has 1 aromatic carbocycles. The first-order valence-electron chi connectivity index (χ1n) is 5.22. The zero-order valence-electron chi connectivity index (χ0n) is 10.1. The largest absolute Gasteiger partial charge is 0.497 e. The third kappa shape index (κ3) is 2.56. The van der Waals surface area contributed by atoms with Gasteiger partial charge >= 0.3 is 0 Å². The molecule has 96 valence electrons. The van der Waals surface area contributed by atoms with Crippen LogP contribution in [-0.2, 0) is 12.8 Å². The van der Waals surface area contributed by atoms with Crippen LogP contribution in [-0.4, -0.2) is 21.9 Å². The highest BCUT2D eigenvalue weighted by atomic mass is 32.2. The van der Waals surface area contributed by atoms with Crippen molar-refractivity contribution in [3.63, 3.8) is 0 Å². The van der Waals surface area contributed by atoms with Gasteiger partial charge in [0.2, 0.25) is 5.95 Å². The van der Waals surface area contributed by atoms with Gasteiger partial charge in [0.15, 0.2) is 5.16 Å². The van der Waals surface area contributed by atoms with Gasteiger partial charge in [0.1, 0.15) is 11.6 Å². The molecule has 0 fully saturated rings. The third-order valence-corrected chi connectivity index (χ3v) is 3.55. The van der Waals surface area contributed by atoms with Crippen molar-refractivity contribution >= 4 is 17.7 Å². The number of rotatable bonds is 4. The van der Waals surface area contributed by atoms with E-state index in [-0.39, 0.29) is 5.82 Å². The number of nitrogens with two attached hydrogens (primary N) is 1. The average molecular weight is 268 g/mol. The summed E-state index contributed by atoms with van der Waals surface area (Å²) in [6, 6.07) is 4.78. The monoisotopic (exact) mass is 268 g/mol. The van der Waals surface area contributed by atoms with Gasteiger partial charge in [0.25, 0.3) is 0 Å². The number of nitrogens with zero attached hydrogens (tertiary/aromatic N) is 3. The standard InChI is InChI=1S/C11H13FN4OS/c1-16-10(13)14-15-11(16)18-6-7-3-4-8(17-2)5-9(7)12/h3-5H,6H2,1-2H3,(H2,13,14). The van der Waals surface area contributed by atoms with E-state index in [0.717, 1.165) is 0 Å². The number of methoxy groups -OCH3 is 1. The van der Waals surface area contributed by atoms with E-state index in [1.165, 1.54) is 24.9 Å². The van der Waals surface area contributed by atoms with Gasteiger partial charge in [0.05, 0.1) is 7.11 Å². The van der Waals surface area contributed by atoms with E-state index < -0.39 is 0 Å². The van der Waals surface area contributed by atoms with Crippen LogP contribution in [0.1, 0.15) is 5.56 Å². The van der Waals surface area contributed by atoms with Gasteiger partial charge in [-0.25, -0.2) is 4.39 Å². The molecule has 0 aliphatic heterocycles. The molecule has 0 aliphatic rings. The Morgan fingerprint density at radius 3 is 2.78 bits per heavy atom. The van der Waals surface area contributed by atoms with Crippen LogP contribution in [0.15, 0.2) is 23.4 Å². The fourth-order valence-electron chi connectivity index (χ4n) is 1.37. The van der Waals surface area contributed by atoms with E-state index >= 15 is 0 Å². The number of nitrogen functional groups attached to an aromatic ring is 1. The van der Waals surface area contributed by atoms with Gasteiger partial charge in [-0.05, 0) is 11.6 Å². The summed E-state index contributed by atoms with van der Waals surface area (Å²) in [5, 5.41) is 8.29. The maximum Gasteiger partial charge on any atom is 0.222 e. The molecular formula is C11H13FN4OS. The fraction of sp³-hybridized carbons (Fsp3) is 0.273. The summed E-state index contributed by atoms with van der Waals surface area (Å²) in [7, 11) is 3.27. The molecule has 0 amide bonds. The van der Waals surface area contributed by atoms with E-state index in [1.807, 2.05) is 0 Å². The van der Waals surface area contributed by atoms with Crippen LogP contribution in [0.5, 0.6) is 5.75 Å².